The highest BCUT2D eigenvalue weighted by atomic mass is 32.2. The molecule has 0 N–H and O–H groups in total. The Kier molecular flexibility index (Phi) is 4.26. The summed E-state index contributed by atoms with van der Waals surface area (Å²) in [5.74, 6) is 1.07. The molecule has 0 aliphatic carbocycles. The van der Waals surface area contributed by atoms with Crippen molar-refractivity contribution >= 4 is 11.8 Å². The number of hydrogen-bond acceptors (Lipinski definition) is 3. The predicted octanol–water partition coefficient (Wildman–Crippen LogP) is 2.77. The Morgan fingerprint density at radius 3 is 2.94 bits per heavy atom. The standard InChI is InChI=1S/C13H16N2S/c14-11-12-5-4-8-15(12)9-10-16-13-6-2-1-3-7-13/h1-3,6-7,12H,4-5,8-10H2. The van der Waals surface area contributed by atoms with Gasteiger partial charge < -0.3 is 0 Å². The molecule has 16 heavy (non-hydrogen) atoms. The van der Waals surface area contributed by atoms with Crippen LogP contribution in [0.5, 0.6) is 0 Å². The van der Waals surface area contributed by atoms with Gasteiger partial charge in [0, 0.05) is 17.2 Å². The second-order valence-corrected chi connectivity index (χ2v) is 5.15. The van der Waals surface area contributed by atoms with Gasteiger partial charge >= 0.3 is 0 Å². The Morgan fingerprint density at radius 2 is 2.19 bits per heavy atom. The molecule has 0 radical (unpaired) electrons. The maximum Gasteiger partial charge on any atom is 0.0978 e. The molecule has 1 unspecified atom stereocenters. The Balaban J connectivity index is 1.74. The van der Waals surface area contributed by atoms with Gasteiger partial charge in [0.05, 0.1) is 12.1 Å². The van der Waals surface area contributed by atoms with Gasteiger partial charge in [-0.1, -0.05) is 18.2 Å². The lowest BCUT2D eigenvalue weighted by Crippen LogP contribution is -2.30. The zero-order valence-electron chi connectivity index (χ0n) is 9.30. The molecule has 1 aromatic carbocycles. The van der Waals surface area contributed by atoms with Crippen molar-refractivity contribution in [2.75, 3.05) is 18.8 Å². The van der Waals surface area contributed by atoms with E-state index in [0.29, 0.717) is 0 Å². The minimum absolute atomic E-state index is 0.163. The first-order chi connectivity index (χ1) is 7.90. The fourth-order valence-corrected chi connectivity index (χ4v) is 2.95. The number of likely N-dealkylation sites (tertiary alicyclic amines) is 1. The largest absolute Gasteiger partial charge is 0.287 e. The van der Waals surface area contributed by atoms with Gasteiger partial charge in [0.25, 0.3) is 0 Å². The van der Waals surface area contributed by atoms with E-state index in [1.165, 1.54) is 11.3 Å². The lowest BCUT2D eigenvalue weighted by molar-refractivity contribution is 0.314. The van der Waals surface area contributed by atoms with Crippen LogP contribution in [0, 0.1) is 11.3 Å². The van der Waals surface area contributed by atoms with Crippen molar-refractivity contribution in [3.63, 3.8) is 0 Å². The topological polar surface area (TPSA) is 27.0 Å². The van der Waals surface area contributed by atoms with Crippen LogP contribution in [0.2, 0.25) is 0 Å². The van der Waals surface area contributed by atoms with Gasteiger partial charge in [-0.25, -0.2) is 0 Å². The second kappa shape index (κ2) is 5.93. The number of benzene rings is 1. The van der Waals surface area contributed by atoms with E-state index in [1.807, 2.05) is 17.8 Å². The van der Waals surface area contributed by atoms with Crippen molar-refractivity contribution in [1.82, 2.24) is 4.90 Å². The molecule has 1 aliphatic heterocycles. The normalized spacial score (nSPS) is 20.8. The first-order valence-corrected chi connectivity index (χ1v) is 6.70. The molecule has 0 amide bonds. The Bertz CT molecular complexity index is 358. The van der Waals surface area contributed by atoms with Crippen molar-refractivity contribution in [1.29, 1.82) is 5.26 Å². The van der Waals surface area contributed by atoms with Crippen molar-refractivity contribution in [3.05, 3.63) is 30.3 Å². The number of rotatable bonds is 4. The molecule has 0 spiro atoms. The Labute approximate surface area is 101 Å². The van der Waals surface area contributed by atoms with Gasteiger partial charge in [0.1, 0.15) is 0 Å². The van der Waals surface area contributed by atoms with E-state index in [4.69, 9.17) is 5.26 Å². The number of hydrogen-bond donors (Lipinski definition) is 0. The van der Waals surface area contributed by atoms with Crippen LogP contribution >= 0.6 is 11.8 Å². The molecule has 1 aromatic rings. The Morgan fingerprint density at radius 1 is 1.38 bits per heavy atom. The lowest BCUT2D eigenvalue weighted by atomic mass is 10.2. The molecule has 1 heterocycles. The SMILES string of the molecule is N#CC1CCCN1CCSc1ccccc1. The van der Waals surface area contributed by atoms with Crippen LogP contribution in [-0.4, -0.2) is 29.8 Å². The second-order valence-electron chi connectivity index (χ2n) is 3.98. The maximum absolute atomic E-state index is 8.95. The van der Waals surface area contributed by atoms with Gasteiger partial charge in [-0.15, -0.1) is 11.8 Å². The summed E-state index contributed by atoms with van der Waals surface area (Å²) in [4.78, 5) is 3.62. The van der Waals surface area contributed by atoms with Gasteiger partial charge in [-0.05, 0) is 31.5 Å². The summed E-state index contributed by atoms with van der Waals surface area (Å²) in [7, 11) is 0. The molecular formula is C13H16N2S. The smallest absolute Gasteiger partial charge is 0.0978 e. The molecule has 0 saturated carbocycles. The monoisotopic (exact) mass is 232 g/mol. The van der Waals surface area contributed by atoms with Crippen LogP contribution in [0.15, 0.2) is 35.2 Å². The van der Waals surface area contributed by atoms with Gasteiger partial charge in [0.2, 0.25) is 0 Å². The maximum atomic E-state index is 8.95. The summed E-state index contributed by atoms with van der Waals surface area (Å²) >= 11 is 1.87. The van der Waals surface area contributed by atoms with E-state index >= 15 is 0 Å². The quantitative estimate of drug-likeness (QED) is 0.747. The summed E-state index contributed by atoms with van der Waals surface area (Å²) in [6.45, 7) is 2.12. The highest BCUT2D eigenvalue weighted by Crippen LogP contribution is 2.20. The van der Waals surface area contributed by atoms with E-state index in [-0.39, 0.29) is 6.04 Å². The van der Waals surface area contributed by atoms with Crippen LogP contribution < -0.4 is 0 Å². The van der Waals surface area contributed by atoms with E-state index in [0.717, 1.165) is 25.3 Å². The van der Waals surface area contributed by atoms with Gasteiger partial charge in [-0.2, -0.15) is 5.26 Å². The molecule has 1 saturated heterocycles. The lowest BCUT2D eigenvalue weighted by Gasteiger charge is -2.18. The zero-order chi connectivity index (χ0) is 11.2. The molecule has 84 valence electrons. The van der Waals surface area contributed by atoms with Crippen LogP contribution in [-0.2, 0) is 0 Å². The molecule has 2 rings (SSSR count). The summed E-state index contributed by atoms with van der Waals surface area (Å²) in [6.07, 6.45) is 2.22. The van der Waals surface area contributed by atoms with Crippen molar-refractivity contribution in [2.24, 2.45) is 0 Å². The Hall–Kier alpha value is -0.980. The van der Waals surface area contributed by atoms with Crippen LogP contribution in [0.4, 0.5) is 0 Å². The predicted molar refractivity (Wildman–Crippen MR) is 67.4 cm³/mol. The van der Waals surface area contributed by atoms with Crippen LogP contribution in [0.1, 0.15) is 12.8 Å². The van der Waals surface area contributed by atoms with Gasteiger partial charge in [0.15, 0.2) is 0 Å². The molecular weight excluding hydrogens is 216 g/mol. The first-order valence-electron chi connectivity index (χ1n) is 5.71. The molecule has 1 atom stereocenters. The van der Waals surface area contributed by atoms with Crippen molar-refractivity contribution in [3.8, 4) is 6.07 Å². The zero-order valence-corrected chi connectivity index (χ0v) is 10.1. The van der Waals surface area contributed by atoms with Crippen molar-refractivity contribution < 1.29 is 0 Å². The molecule has 2 nitrogen and oxygen atoms in total. The van der Waals surface area contributed by atoms with Crippen LogP contribution in [0.3, 0.4) is 0 Å². The van der Waals surface area contributed by atoms with E-state index in [9.17, 15) is 0 Å². The third-order valence-corrected chi connectivity index (χ3v) is 3.90. The van der Waals surface area contributed by atoms with E-state index < -0.39 is 0 Å². The van der Waals surface area contributed by atoms with Gasteiger partial charge in [-0.3, -0.25) is 4.90 Å². The van der Waals surface area contributed by atoms with E-state index in [2.05, 4.69) is 35.2 Å². The third-order valence-electron chi connectivity index (χ3n) is 2.90. The fourth-order valence-electron chi connectivity index (χ4n) is 2.04. The molecule has 1 aliphatic rings. The summed E-state index contributed by atoms with van der Waals surface area (Å²) < 4.78 is 0. The summed E-state index contributed by atoms with van der Waals surface area (Å²) in [5, 5.41) is 8.95. The molecule has 0 bridgehead atoms. The highest BCUT2D eigenvalue weighted by molar-refractivity contribution is 7.99. The number of nitrogens with zero attached hydrogens (tertiary/aromatic N) is 2. The average molecular weight is 232 g/mol. The number of nitriles is 1. The molecule has 3 heteroatoms. The van der Waals surface area contributed by atoms with Crippen LogP contribution in [0.25, 0.3) is 0 Å². The summed E-state index contributed by atoms with van der Waals surface area (Å²) in [6, 6.07) is 13.0. The highest BCUT2D eigenvalue weighted by Gasteiger charge is 2.23. The first kappa shape index (κ1) is 11.5. The minimum Gasteiger partial charge on any atom is -0.287 e. The number of thioether (sulfide) groups is 1. The van der Waals surface area contributed by atoms with Crippen molar-refractivity contribution in [2.45, 2.75) is 23.8 Å². The molecule has 1 fully saturated rings. The minimum atomic E-state index is 0.163. The summed E-state index contributed by atoms with van der Waals surface area (Å²) in [5.41, 5.74) is 0. The third kappa shape index (κ3) is 3.01. The molecule has 0 aromatic heterocycles. The fraction of sp³-hybridized carbons (Fsp3) is 0.462. The van der Waals surface area contributed by atoms with E-state index in [1.54, 1.807) is 0 Å². The average Bonchev–Trinajstić information content (AvgIpc) is 2.78.